The van der Waals surface area contributed by atoms with Crippen LogP contribution in [0, 0.1) is 0 Å². The van der Waals surface area contributed by atoms with Gasteiger partial charge in [0.05, 0.1) is 6.61 Å². The van der Waals surface area contributed by atoms with Crippen molar-refractivity contribution in [2.24, 2.45) is 0 Å². The third-order valence-corrected chi connectivity index (χ3v) is 1.22. The van der Waals surface area contributed by atoms with Crippen LogP contribution in [0.1, 0.15) is 5.69 Å². The summed E-state index contributed by atoms with van der Waals surface area (Å²) in [5, 5.41) is 8.61. The van der Waals surface area contributed by atoms with E-state index in [4.69, 9.17) is 5.11 Å². The molecule has 1 N–H and O–H groups in total. The summed E-state index contributed by atoms with van der Waals surface area (Å²) >= 11 is 0. The standard InChI is InChI=1S/C7H6F3NO2/c8-7(9,10)13-6-2-1-3-11-5(6)4-12/h1-3,12H,4H2. The van der Waals surface area contributed by atoms with Crippen LogP contribution >= 0.6 is 0 Å². The van der Waals surface area contributed by atoms with Gasteiger partial charge in [0.25, 0.3) is 0 Å². The zero-order chi connectivity index (χ0) is 9.90. The van der Waals surface area contributed by atoms with E-state index in [0.29, 0.717) is 0 Å². The lowest BCUT2D eigenvalue weighted by molar-refractivity contribution is -0.275. The summed E-state index contributed by atoms with van der Waals surface area (Å²) in [6.07, 6.45) is -3.48. The normalized spacial score (nSPS) is 11.4. The van der Waals surface area contributed by atoms with E-state index >= 15 is 0 Å². The van der Waals surface area contributed by atoms with Crippen LogP contribution in [-0.4, -0.2) is 16.5 Å². The SMILES string of the molecule is OCc1ncccc1OC(F)(F)F. The number of aliphatic hydroxyl groups excluding tert-OH is 1. The molecule has 1 rings (SSSR count). The number of rotatable bonds is 2. The molecule has 3 nitrogen and oxygen atoms in total. The van der Waals surface area contributed by atoms with Gasteiger partial charge in [-0.25, -0.2) is 0 Å². The van der Waals surface area contributed by atoms with E-state index in [2.05, 4.69) is 9.72 Å². The number of ether oxygens (including phenoxy) is 1. The number of nitrogens with zero attached hydrogens (tertiary/aromatic N) is 1. The highest BCUT2D eigenvalue weighted by Crippen LogP contribution is 2.24. The minimum atomic E-state index is -4.76. The first kappa shape index (κ1) is 9.79. The van der Waals surface area contributed by atoms with Crippen molar-refractivity contribution in [3.63, 3.8) is 0 Å². The lowest BCUT2D eigenvalue weighted by Crippen LogP contribution is -2.18. The van der Waals surface area contributed by atoms with E-state index in [1.54, 1.807) is 0 Å². The van der Waals surface area contributed by atoms with E-state index in [9.17, 15) is 13.2 Å². The molecule has 6 heteroatoms. The van der Waals surface area contributed by atoms with Crippen LogP contribution in [0.15, 0.2) is 18.3 Å². The summed E-state index contributed by atoms with van der Waals surface area (Å²) in [5.41, 5.74) is -0.139. The first-order valence-electron chi connectivity index (χ1n) is 3.33. The van der Waals surface area contributed by atoms with Crippen molar-refractivity contribution >= 4 is 0 Å². The molecule has 0 saturated heterocycles. The molecule has 0 atom stereocenters. The number of halogens is 3. The fraction of sp³-hybridized carbons (Fsp3) is 0.286. The van der Waals surface area contributed by atoms with E-state index in [1.165, 1.54) is 12.3 Å². The van der Waals surface area contributed by atoms with Gasteiger partial charge < -0.3 is 9.84 Å². The van der Waals surface area contributed by atoms with Gasteiger partial charge in [0.1, 0.15) is 5.69 Å². The Hall–Kier alpha value is -1.30. The number of pyridine rings is 1. The average molecular weight is 193 g/mol. The van der Waals surface area contributed by atoms with Crippen molar-refractivity contribution in [2.45, 2.75) is 13.0 Å². The van der Waals surface area contributed by atoms with E-state index in [1.807, 2.05) is 0 Å². The molecule has 1 aromatic heterocycles. The summed E-state index contributed by atoms with van der Waals surface area (Å²) in [6, 6.07) is 2.38. The molecule has 0 aliphatic rings. The van der Waals surface area contributed by atoms with E-state index in [0.717, 1.165) is 6.07 Å². The fourth-order valence-electron chi connectivity index (χ4n) is 0.760. The first-order chi connectivity index (χ1) is 6.03. The van der Waals surface area contributed by atoms with Crippen LogP contribution < -0.4 is 4.74 Å². The van der Waals surface area contributed by atoms with Gasteiger partial charge in [-0.3, -0.25) is 4.98 Å². The second-order valence-corrected chi connectivity index (χ2v) is 2.15. The van der Waals surface area contributed by atoms with Gasteiger partial charge in [0.15, 0.2) is 5.75 Å². The van der Waals surface area contributed by atoms with Crippen LogP contribution in [0.5, 0.6) is 5.75 Å². The minimum absolute atomic E-state index is 0.139. The largest absolute Gasteiger partial charge is 0.573 e. The summed E-state index contributed by atoms with van der Waals surface area (Å²) in [4.78, 5) is 3.51. The molecule has 13 heavy (non-hydrogen) atoms. The second-order valence-electron chi connectivity index (χ2n) is 2.15. The predicted octanol–water partition coefficient (Wildman–Crippen LogP) is 1.47. The Morgan fingerprint density at radius 2 is 2.15 bits per heavy atom. The maximum atomic E-state index is 11.7. The van der Waals surface area contributed by atoms with Gasteiger partial charge in [0.2, 0.25) is 0 Å². The highest BCUT2D eigenvalue weighted by molar-refractivity contribution is 5.26. The predicted molar refractivity (Wildman–Crippen MR) is 36.8 cm³/mol. The third-order valence-electron chi connectivity index (χ3n) is 1.22. The van der Waals surface area contributed by atoms with Crippen LogP contribution in [-0.2, 0) is 6.61 Å². The van der Waals surface area contributed by atoms with Gasteiger partial charge in [-0.15, -0.1) is 13.2 Å². The van der Waals surface area contributed by atoms with Gasteiger partial charge in [-0.1, -0.05) is 0 Å². The molecule has 0 aliphatic carbocycles. The van der Waals surface area contributed by atoms with Crippen molar-refractivity contribution in [2.75, 3.05) is 0 Å². The molecule has 0 amide bonds. The van der Waals surface area contributed by atoms with Crippen LogP contribution in [0.4, 0.5) is 13.2 Å². The lowest BCUT2D eigenvalue weighted by atomic mass is 10.3. The quantitative estimate of drug-likeness (QED) is 0.773. The molecule has 0 unspecified atom stereocenters. The number of hydrogen-bond donors (Lipinski definition) is 1. The highest BCUT2D eigenvalue weighted by Gasteiger charge is 2.32. The topological polar surface area (TPSA) is 42.4 Å². The Bertz CT molecular complexity index is 287. The molecule has 0 aliphatic heterocycles. The van der Waals surface area contributed by atoms with Gasteiger partial charge in [-0.05, 0) is 12.1 Å². The number of hydrogen-bond acceptors (Lipinski definition) is 3. The van der Waals surface area contributed by atoms with E-state index < -0.39 is 18.7 Å². The van der Waals surface area contributed by atoms with Crippen LogP contribution in [0.3, 0.4) is 0 Å². The molecular formula is C7H6F3NO2. The van der Waals surface area contributed by atoms with Gasteiger partial charge in [0, 0.05) is 6.20 Å². The molecule has 0 aromatic carbocycles. The van der Waals surface area contributed by atoms with Crippen LogP contribution in [0.2, 0.25) is 0 Å². The Morgan fingerprint density at radius 1 is 1.46 bits per heavy atom. The second kappa shape index (κ2) is 3.61. The number of alkyl halides is 3. The minimum Gasteiger partial charge on any atom is -0.404 e. The molecule has 1 heterocycles. The maximum Gasteiger partial charge on any atom is 0.573 e. The van der Waals surface area contributed by atoms with E-state index in [-0.39, 0.29) is 5.69 Å². The zero-order valence-electron chi connectivity index (χ0n) is 6.38. The van der Waals surface area contributed by atoms with Crippen LogP contribution in [0.25, 0.3) is 0 Å². The van der Waals surface area contributed by atoms with Crippen molar-refractivity contribution in [3.8, 4) is 5.75 Å². The average Bonchev–Trinajstić information content (AvgIpc) is 2.02. The lowest BCUT2D eigenvalue weighted by Gasteiger charge is -2.10. The first-order valence-corrected chi connectivity index (χ1v) is 3.33. The van der Waals surface area contributed by atoms with Crippen molar-refractivity contribution in [1.82, 2.24) is 4.98 Å². The summed E-state index contributed by atoms with van der Waals surface area (Å²) < 4.78 is 38.8. The Labute approximate surface area is 71.8 Å². The Kier molecular flexibility index (Phi) is 2.72. The maximum absolute atomic E-state index is 11.7. The molecule has 0 saturated carbocycles. The monoisotopic (exact) mass is 193 g/mol. The highest BCUT2D eigenvalue weighted by atomic mass is 19.4. The molecule has 72 valence electrons. The summed E-state index contributed by atoms with van der Waals surface area (Å²) in [5.74, 6) is -0.475. The third kappa shape index (κ3) is 2.90. The van der Waals surface area contributed by atoms with Crippen molar-refractivity contribution in [1.29, 1.82) is 0 Å². The molecule has 0 spiro atoms. The molecule has 0 fully saturated rings. The molecule has 0 bridgehead atoms. The Morgan fingerprint density at radius 3 is 2.69 bits per heavy atom. The molecular weight excluding hydrogens is 187 g/mol. The summed E-state index contributed by atoms with van der Waals surface area (Å²) in [6.45, 7) is -0.591. The van der Waals surface area contributed by atoms with Crippen molar-refractivity contribution < 1.29 is 23.0 Å². The summed E-state index contributed by atoms with van der Waals surface area (Å²) in [7, 11) is 0. The molecule has 0 radical (unpaired) electrons. The van der Waals surface area contributed by atoms with Crippen molar-refractivity contribution in [3.05, 3.63) is 24.0 Å². The smallest absolute Gasteiger partial charge is 0.404 e. The number of aromatic nitrogens is 1. The number of aliphatic hydroxyl groups is 1. The fourth-order valence-corrected chi connectivity index (χ4v) is 0.760. The Balaban J connectivity index is 2.87. The molecule has 1 aromatic rings. The van der Waals surface area contributed by atoms with Gasteiger partial charge in [-0.2, -0.15) is 0 Å². The van der Waals surface area contributed by atoms with Gasteiger partial charge >= 0.3 is 6.36 Å². The zero-order valence-corrected chi connectivity index (χ0v) is 6.38.